The number of carbonyl (C=O) groups is 1. The van der Waals surface area contributed by atoms with Gasteiger partial charge in [-0.1, -0.05) is 6.07 Å². The molecule has 104 valence electrons. The van der Waals surface area contributed by atoms with Gasteiger partial charge in [-0.25, -0.2) is 13.2 Å². The van der Waals surface area contributed by atoms with Gasteiger partial charge in [0.1, 0.15) is 0 Å². The highest BCUT2D eigenvalue weighted by atomic mass is 32.2. The summed E-state index contributed by atoms with van der Waals surface area (Å²) in [6.45, 7) is 2.77. The molecule has 0 saturated carbocycles. The summed E-state index contributed by atoms with van der Waals surface area (Å²) in [4.78, 5) is 13.6. The van der Waals surface area contributed by atoms with Crippen molar-refractivity contribution in [2.24, 2.45) is 0 Å². The van der Waals surface area contributed by atoms with E-state index in [2.05, 4.69) is 0 Å². The van der Waals surface area contributed by atoms with Gasteiger partial charge < -0.3 is 9.64 Å². The maximum Gasteiger partial charge on any atom is 0.338 e. The van der Waals surface area contributed by atoms with E-state index in [0.717, 1.165) is 11.3 Å². The molecule has 0 aromatic heterocycles. The Balaban J connectivity index is 2.24. The minimum absolute atomic E-state index is 0.161. The molecule has 1 aromatic rings. The van der Waals surface area contributed by atoms with Crippen molar-refractivity contribution in [1.82, 2.24) is 0 Å². The fourth-order valence-corrected chi connectivity index (χ4v) is 3.31. The van der Waals surface area contributed by atoms with E-state index in [9.17, 15) is 13.2 Å². The molecule has 0 spiro atoms. The van der Waals surface area contributed by atoms with Gasteiger partial charge in [-0.3, -0.25) is 0 Å². The third-order valence-electron chi connectivity index (χ3n) is 3.34. The van der Waals surface area contributed by atoms with Gasteiger partial charge in [0.05, 0.1) is 24.2 Å². The Bertz CT molecular complexity index is 581. The molecule has 1 aromatic carbocycles. The van der Waals surface area contributed by atoms with Crippen LogP contribution >= 0.6 is 0 Å². The zero-order valence-corrected chi connectivity index (χ0v) is 11.9. The van der Waals surface area contributed by atoms with E-state index in [1.165, 1.54) is 7.11 Å². The lowest BCUT2D eigenvalue weighted by molar-refractivity contribution is 0.0600. The van der Waals surface area contributed by atoms with Crippen LogP contribution in [0.4, 0.5) is 5.69 Å². The molecule has 0 N–H and O–H groups in total. The van der Waals surface area contributed by atoms with Crippen LogP contribution in [0.25, 0.3) is 0 Å². The average molecular weight is 283 g/mol. The number of nitrogens with zero attached hydrogens (tertiary/aromatic N) is 1. The molecule has 0 bridgehead atoms. The van der Waals surface area contributed by atoms with E-state index in [1.54, 1.807) is 6.07 Å². The molecule has 0 radical (unpaired) electrons. The predicted molar refractivity (Wildman–Crippen MR) is 73.4 cm³/mol. The van der Waals surface area contributed by atoms with Crippen LogP contribution in [-0.4, -0.2) is 46.1 Å². The van der Waals surface area contributed by atoms with Crippen molar-refractivity contribution < 1.29 is 17.9 Å². The number of carbonyl (C=O) groups excluding carboxylic acids is 1. The Hall–Kier alpha value is -1.56. The highest BCUT2D eigenvalue weighted by molar-refractivity contribution is 7.91. The zero-order chi connectivity index (χ0) is 14.0. The summed E-state index contributed by atoms with van der Waals surface area (Å²) in [6, 6.07) is 5.52. The highest BCUT2D eigenvalue weighted by Crippen LogP contribution is 2.21. The van der Waals surface area contributed by atoms with Crippen molar-refractivity contribution in [3.8, 4) is 0 Å². The monoisotopic (exact) mass is 283 g/mol. The van der Waals surface area contributed by atoms with Gasteiger partial charge in [-0.15, -0.1) is 0 Å². The van der Waals surface area contributed by atoms with E-state index in [4.69, 9.17) is 4.74 Å². The van der Waals surface area contributed by atoms with Gasteiger partial charge in [0.25, 0.3) is 0 Å². The molecule has 1 aliphatic heterocycles. The summed E-state index contributed by atoms with van der Waals surface area (Å²) in [5.41, 5.74) is 2.23. The number of anilines is 1. The van der Waals surface area contributed by atoms with E-state index < -0.39 is 9.84 Å². The Morgan fingerprint density at radius 1 is 1.26 bits per heavy atom. The fourth-order valence-electron chi connectivity index (χ4n) is 2.11. The largest absolute Gasteiger partial charge is 0.465 e. The normalized spacial score (nSPS) is 18.1. The maximum atomic E-state index is 11.6. The molecule has 6 heteroatoms. The predicted octanol–water partition coefficient (Wildman–Crippen LogP) is 1.02. The third kappa shape index (κ3) is 3.07. The smallest absolute Gasteiger partial charge is 0.338 e. The molecule has 0 atom stereocenters. The molecule has 1 fully saturated rings. The Morgan fingerprint density at radius 3 is 2.47 bits per heavy atom. The Kier molecular flexibility index (Phi) is 3.80. The number of benzene rings is 1. The van der Waals surface area contributed by atoms with Crippen molar-refractivity contribution in [3.05, 3.63) is 29.3 Å². The number of rotatable bonds is 2. The fraction of sp³-hybridized carbons (Fsp3) is 0.462. The second-order valence-corrected chi connectivity index (χ2v) is 6.93. The number of hydrogen-bond acceptors (Lipinski definition) is 5. The SMILES string of the molecule is COC(=O)c1cc(N2CCS(=O)(=O)CC2)ccc1C. The number of aryl methyl sites for hydroxylation is 1. The molecule has 1 aliphatic rings. The van der Waals surface area contributed by atoms with Crippen LogP contribution in [0.5, 0.6) is 0 Å². The average Bonchev–Trinajstić information content (AvgIpc) is 2.39. The lowest BCUT2D eigenvalue weighted by atomic mass is 10.1. The summed E-state index contributed by atoms with van der Waals surface area (Å²) in [7, 11) is -1.55. The minimum atomic E-state index is -2.90. The lowest BCUT2D eigenvalue weighted by Gasteiger charge is -2.29. The quantitative estimate of drug-likeness (QED) is 0.758. The number of methoxy groups -OCH3 is 1. The van der Waals surface area contributed by atoms with Crippen molar-refractivity contribution in [1.29, 1.82) is 0 Å². The van der Waals surface area contributed by atoms with Crippen molar-refractivity contribution >= 4 is 21.5 Å². The molecule has 1 heterocycles. The van der Waals surface area contributed by atoms with E-state index >= 15 is 0 Å². The summed E-state index contributed by atoms with van der Waals surface area (Å²) >= 11 is 0. The molecule has 19 heavy (non-hydrogen) atoms. The Morgan fingerprint density at radius 2 is 1.89 bits per heavy atom. The van der Waals surface area contributed by atoms with Gasteiger partial charge in [0, 0.05) is 18.8 Å². The van der Waals surface area contributed by atoms with Gasteiger partial charge in [0.2, 0.25) is 0 Å². The van der Waals surface area contributed by atoms with Crippen LogP contribution in [0.15, 0.2) is 18.2 Å². The molecule has 1 saturated heterocycles. The standard InChI is InChI=1S/C13H17NO4S/c1-10-3-4-11(9-12(10)13(15)18-2)14-5-7-19(16,17)8-6-14/h3-4,9H,5-8H2,1-2H3. The first kappa shape index (κ1) is 13.9. The highest BCUT2D eigenvalue weighted by Gasteiger charge is 2.22. The molecular formula is C13H17NO4S. The molecule has 0 unspecified atom stereocenters. The third-order valence-corrected chi connectivity index (χ3v) is 4.95. The number of ether oxygens (including phenoxy) is 1. The second-order valence-electron chi connectivity index (χ2n) is 4.63. The number of hydrogen-bond donors (Lipinski definition) is 0. The first-order chi connectivity index (χ1) is 8.93. The Labute approximate surface area is 113 Å². The lowest BCUT2D eigenvalue weighted by Crippen LogP contribution is -2.40. The van der Waals surface area contributed by atoms with Crippen molar-refractivity contribution in [3.63, 3.8) is 0 Å². The van der Waals surface area contributed by atoms with E-state index in [-0.39, 0.29) is 17.5 Å². The summed E-state index contributed by atoms with van der Waals surface area (Å²) in [5.74, 6) is -0.0490. The summed E-state index contributed by atoms with van der Waals surface area (Å²) in [6.07, 6.45) is 0. The van der Waals surface area contributed by atoms with Gasteiger partial charge in [0.15, 0.2) is 9.84 Å². The van der Waals surface area contributed by atoms with E-state index in [1.807, 2.05) is 24.0 Å². The summed E-state index contributed by atoms with van der Waals surface area (Å²) in [5, 5.41) is 0. The first-order valence-corrected chi connectivity index (χ1v) is 7.89. The molecular weight excluding hydrogens is 266 g/mol. The number of sulfone groups is 1. The second kappa shape index (κ2) is 5.21. The van der Waals surface area contributed by atoms with Crippen LogP contribution in [0, 0.1) is 6.92 Å². The van der Waals surface area contributed by atoms with Gasteiger partial charge in [-0.2, -0.15) is 0 Å². The van der Waals surface area contributed by atoms with Crippen molar-refractivity contribution in [2.75, 3.05) is 36.6 Å². The van der Waals surface area contributed by atoms with E-state index in [0.29, 0.717) is 18.7 Å². The topological polar surface area (TPSA) is 63.7 Å². The molecule has 0 amide bonds. The molecule has 5 nitrogen and oxygen atoms in total. The van der Waals surface area contributed by atoms with Crippen LogP contribution in [0.2, 0.25) is 0 Å². The van der Waals surface area contributed by atoms with Crippen LogP contribution in [0.1, 0.15) is 15.9 Å². The summed E-state index contributed by atoms with van der Waals surface area (Å²) < 4.78 is 27.5. The number of esters is 1. The van der Waals surface area contributed by atoms with Gasteiger partial charge >= 0.3 is 5.97 Å². The van der Waals surface area contributed by atoms with Crippen LogP contribution in [-0.2, 0) is 14.6 Å². The maximum absolute atomic E-state index is 11.6. The minimum Gasteiger partial charge on any atom is -0.465 e. The molecule has 2 rings (SSSR count). The van der Waals surface area contributed by atoms with Gasteiger partial charge in [-0.05, 0) is 24.6 Å². The zero-order valence-electron chi connectivity index (χ0n) is 11.0. The molecule has 0 aliphatic carbocycles. The van der Waals surface area contributed by atoms with Crippen LogP contribution < -0.4 is 4.90 Å². The van der Waals surface area contributed by atoms with Crippen molar-refractivity contribution in [2.45, 2.75) is 6.92 Å². The first-order valence-electron chi connectivity index (χ1n) is 6.07. The van der Waals surface area contributed by atoms with Crippen LogP contribution in [0.3, 0.4) is 0 Å².